The van der Waals surface area contributed by atoms with E-state index < -0.39 is 0 Å². The van der Waals surface area contributed by atoms with Crippen LogP contribution in [0.1, 0.15) is 15.2 Å². The topological polar surface area (TPSA) is 58.7 Å². The Morgan fingerprint density at radius 1 is 1.65 bits per heavy atom. The van der Waals surface area contributed by atoms with Gasteiger partial charge in [-0.3, -0.25) is 9.48 Å². The molecule has 5 heteroatoms. The van der Waals surface area contributed by atoms with E-state index in [1.807, 2.05) is 11.4 Å². The lowest BCUT2D eigenvalue weighted by Gasteiger charge is -1.93. The first-order valence-electron chi connectivity index (χ1n) is 4.89. The molecule has 17 heavy (non-hydrogen) atoms. The fourth-order valence-electron chi connectivity index (χ4n) is 1.37. The summed E-state index contributed by atoms with van der Waals surface area (Å²) in [4.78, 5) is 12.5. The number of nitrogens with zero attached hydrogens (tertiary/aromatic N) is 3. The Balaban J connectivity index is 2.32. The molecule has 0 radical (unpaired) electrons. The number of nitriles is 1. The van der Waals surface area contributed by atoms with Crippen LogP contribution in [0.15, 0.2) is 35.5 Å². The van der Waals surface area contributed by atoms with E-state index in [1.165, 1.54) is 11.3 Å². The van der Waals surface area contributed by atoms with Crippen LogP contribution in [-0.4, -0.2) is 15.6 Å². The van der Waals surface area contributed by atoms with Crippen molar-refractivity contribution in [1.29, 1.82) is 5.26 Å². The molecule has 0 aliphatic heterocycles. The van der Waals surface area contributed by atoms with Gasteiger partial charge in [0.1, 0.15) is 11.6 Å². The summed E-state index contributed by atoms with van der Waals surface area (Å²) in [7, 11) is 1.78. The van der Waals surface area contributed by atoms with Crippen molar-refractivity contribution in [2.45, 2.75) is 0 Å². The van der Waals surface area contributed by atoms with E-state index in [1.54, 1.807) is 42.3 Å². The predicted molar refractivity (Wildman–Crippen MR) is 65.4 cm³/mol. The molecule has 0 amide bonds. The molecule has 0 unspecified atom stereocenters. The number of allylic oxidation sites excluding steroid dienone is 1. The number of rotatable bonds is 3. The summed E-state index contributed by atoms with van der Waals surface area (Å²) in [6.07, 6.45) is 4.91. The molecule has 0 aliphatic carbocycles. The summed E-state index contributed by atoms with van der Waals surface area (Å²) in [5.41, 5.74) is 0.870. The Morgan fingerprint density at radius 3 is 3.00 bits per heavy atom. The standard InChI is InChI=1S/C12H9N3OS/c1-15-8-9(7-14-15)5-10(6-13)12(16)11-3-2-4-17-11/h2-5,7-8H,1H3/b10-5-. The van der Waals surface area contributed by atoms with Crippen LogP contribution in [0.2, 0.25) is 0 Å². The molecule has 4 nitrogen and oxygen atoms in total. The molecule has 2 rings (SSSR count). The average Bonchev–Trinajstić information content (AvgIpc) is 2.96. The van der Waals surface area contributed by atoms with Crippen molar-refractivity contribution in [1.82, 2.24) is 9.78 Å². The van der Waals surface area contributed by atoms with E-state index >= 15 is 0 Å². The van der Waals surface area contributed by atoms with Gasteiger partial charge in [-0.2, -0.15) is 10.4 Å². The molecule has 2 aromatic rings. The van der Waals surface area contributed by atoms with Crippen molar-refractivity contribution >= 4 is 23.2 Å². The van der Waals surface area contributed by atoms with Crippen molar-refractivity contribution in [2.24, 2.45) is 7.05 Å². The fraction of sp³-hybridized carbons (Fsp3) is 0.0833. The zero-order valence-electron chi connectivity index (χ0n) is 9.12. The van der Waals surface area contributed by atoms with Gasteiger partial charge in [0.15, 0.2) is 0 Å². The number of carbonyl (C=O) groups excluding carboxylic acids is 1. The fourth-order valence-corrected chi connectivity index (χ4v) is 2.05. The van der Waals surface area contributed by atoms with Gasteiger partial charge in [0.25, 0.3) is 0 Å². The molecule has 2 heterocycles. The van der Waals surface area contributed by atoms with Crippen LogP contribution in [0.5, 0.6) is 0 Å². The summed E-state index contributed by atoms with van der Waals surface area (Å²) in [5.74, 6) is -0.244. The van der Waals surface area contributed by atoms with Crippen molar-refractivity contribution in [3.8, 4) is 6.07 Å². The second-order valence-corrected chi connectivity index (χ2v) is 4.37. The number of Topliss-reactive ketones (excluding diaryl/α,β-unsaturated/α-hetero) is 1. The molecule has 0 saturated heterocycles. The Kier molecular flexibility index (Phi) is 3.17. The van der Waals surface area contributed by atoms with E-state index in [0.717, 1.165) is 5.56 Å². The van der Waals surface area contributed by atoms with Crippen molar-refractivity contribution in [3.63, 3.8) is 0 Å². The van der Waals surface area contributed by atoms with Gasteiger partial charge in [0, 0.05) is 18.8 Å². The van der Waals surface area contributed by atoms with Gasteiger partial charge in [-0.25, -0.2) is 0 Å². The summed E-state index contributed by atoms with van der Waals surface area (Å²) in [5, 5.41) is 14.8. The maximum absolute atomic E-state index is 11.9. The molecule has 0 fully saturated rings. The molecule has 0 spiro atoms. The van der Waals surface area contributed by atoms with Crippen LogP contribution in [0.25, 0.3) is 6.08 Å². The van der Waals surface area contributed by atoms with E-state index in [0.29, 0.717) is 4.88 Å². The molecule has 0 aliphatic rings. The van der Waals surface area contributed by atoms with E-state index in [9.17, 15) is 4.79 Å². The summed E-state index contributed by atoms with van der Waals surface area (Å²) in [6, 6.07) is 5.43. The normalized spacial score (nSPS) is 11.2. The van der Waals surface area contributed by atoms with Gasteiger partial charge < -0.3 is 0 Å². The van der Waals surface area contributed by atoms with Crippen LogP contribution in [-0.2, 0) is 7.05 Å². The molecule has 0 N–H and O–H groups in total. The van der Waals surface area contributed by atoms with Crippen molar-refractivity contribution in [3.05, 3.63) is 45.9 Å². The predicted octanol–water partition coefficient (Wildman–Crippen LogP) is 2.27. The third kappa shape index (κ3) is 2.49. The molecule has 2 aromatic heterocycles. The Bertz CT molecular complexity index is 602. The smallest absolute Gasteiger partial charge is 0.213 e. The Hall–Kier alpha value is -2.19. The second-order valence-electron chi connectivity index (χ2n) is 3.42. The van der Waals surface area contributed by atoms with Crippen LogP contribution >= 0.6 is 11.3 Å². The minimum absolute atomic E-state index is 0.125. The summed E-state index contributed by atoms with van der Waals surface area (Å²) < 4.78 is 1.62. The van der Waals surface area contributed by atoms with Gasteiger partial charge >= 0.3 is 0 Å². The molecule has 0 aromatic carbocycles. The third-order valence-electron chi connectivity index (χ3n) is 2.15. The first-order valence-corrected chi connectivity index (χ1v) is 5.77. The first kappa shape index (κ1) is 11.3. The van der Waals surface area contributed by atoms with Crippen molar-refractivity contribution in [2.75, 3.05) is 0 Å². The van der Waals surface area contributed by atoms with Gasteiger partial charge in [0.05, 0.1) is 11.1 Å². The monoisotopic (exact) mass is 243 g/mol. The van der Waals surface area contributed by atoms with Gasteiger partial charge in [-0.15, -0.1) is 11.3 Å². The SMILES string of the molecule is Cn1cc(/C=C(/C#N)C(=O)c2cccs2)cn1. The second kappa shape index (κ2) is 4.76. The number of thiophene rings is 1. The Morgan fingerprint density at radius 2 is 2.47 bits per heavy atom. The summed E-state index contributed by atoms with van der Waals surface area (Å²) >= 11 is 1.33. The van der Waals surface area contributed by atoms with Gasteiger partial charge in [-0.05, 0) is 17.5 Å². The third-order valence-corrected chi connectivity index (χ3v) is 3.01. The first-order chi connectivity index (χ1) is 8.20. The Labute approximate surface area is 102 Å². The number of aromatic nitrogens is 2. The highest BCUT2D eigenvalue weighted by Crippen LogP contribution is 2.16. The zero-order valence-corrected chi connectivity index (χ0v) is 9.94. The minimum atomic E-state index is -0.244. The zero-order chi connectivity index (χ0) is 12.3. The quantitative estimate of drug-likeness (QED) is 0.472. The number of ketones is 1. The van der Waals surface area contributed by atoms with Gasteiger partial charge in [-0.1, -0.05) is 6.07 Å². The lowest BCUT2D eigenvalue weighted by molar-refractivity contribution is 0.104. The maximum Gasteiger partial charge on any atom is 0.213 e. The number of aryl methyl sites for hydroxylation is 1. The van der Waals surface area contributed by atoms with E-state index in [-0.39, 0.29) is 11.4 Å². The van der Waals surface area contributed by atoms with Crippen LogP contribution < -0.4 is 0 Å². The molecule has 0 saturated carbocycles. The van der Waals surface area contributed by atoms with E-state index in [2.05, 4.69) is 5.10 Å². The summed E-state index contributed by atoms with van der Waals surface area (Å²) in [6.45, 7) is 0. The minimum Gasteiger partial charge on any atom is -0.287 e. The van der Waals surface area contributed by atoms with Crippen LogP contribution in [0, 0.1) is 11.3 Å². The maximum atomic E-state index is 11.9. The molecule has 0 bridgehead atoms. The number of hydrogen-bond donors (Lipinski definition) is 0. The van der Waals surface area contributed by atoms with Crippen LogP contribution in [0.3, 0.4) is 0 Å². The molecule has 84 valence electrons. The average molecular weight is 243 g/mol. The highest BCUT2D eigenvalue weighted by molar-refractivity contribution is 7.12. The lowest BCUT2D eigenvalue weighted by atomic mass is 10.1. The van der Waals surface area contributed by atoms with Crippen LogP contribution in [0.4, 0.5) is 0 Å². The van der Waals surface area contributed by atoms with E-state index in [4.69, 9.17) is 5.26 Å². The number of carbonyl (C=O) groups is 1. The lowest BCUT2D eigenvalue weighted by Crippen LogP contribution is -1.98. The number of hydrogen-bond acceptors (Lipinski definition) is 4. The van der Waals surface area contributed by atoms with Gasteiger partial charge in [0.2, 0.25) is 5.78 Å². The largest absolute Gasteiger partial charge is 0.287 e. The molecular formula is C12H9N3OS. The molecule has 0 atom stereocenters. The molecular weight excluding hydrogens is 234 g/mol. The van der Waals surface area contributed by atoms with Crippen molar-refractivity contribution < 1.29 is 4.79 Å². The highest BCUT2D eigenvalue weighted by Gasteiger charge is 2.13. The highest BCUT2D eigenvalue weighted by atomic mass is 32.1.